The molecule has 0 amide bonds. The van der Waals surface area contributed by atoms with Gasteiger partial charge in [0.25, 0.3) is 0 Å². The van der Waals surface area contributed by atoms with Gasteiger partial charge in [0, 0.05) is 29.8 Å². The Bertz CT molecular complexity index is 1640. The van der Waals surface area contributed by atoms with Crippen molar-refractivity contribution in [3.8, 4) is 22.7 Å². The summed E-state index contributed by atoms with van der Waals surface area (Å²) in [6, 6.07) is 16.7. The Morgan fingerprint density at radius 1 is 0.972 bits per heavy atom. The molecule has 1 fully saturated rings. The zero-order valence-electron chi connectivity index (χ0n) is 20.8. The Morgan fingerprint density at radius 2 is 1.75 bits per heavy atom. The van der Waals surface area contributed by atoms with E-state index in [0.29, 0.717) is 11.8 Å². The summed E-state index contributed by atoms with van der Waals surface area (Å²) in [6.07, 6.45) is 5.90. The molecule has 0 saturated carbocycles. The monoisotopic (exact) mass is 479 g/mol. The predicted octanol–water partition coefficient (Wildman–Crippen LogP) is 4.72. The number of methoxy groups -OCH3 is 1. The number of fused-ring (bicyclic) bond motifs is 3. The van der Waals surface area contributed by atoms with E-state index in [1.165, 1.54) is 5.56 Å². The number of rotatable bonds is 4. The quantitative estimate of drug-likeness (QED) is 0.404. The van der Waals surface area contributed by atoms with Gasteiger partial charge in [-0.25, -0.2) is 9.78 Å². The van der Waals surface area contributed by atoms with Crippen LogP contribution in [0, 0.1) is 6.92 Å². The molecule has 0 spiro atoms. The predicted molar refractivity (Wildman–Crippen MR) is 143 cm³/mol. The van der Waals surface area contributed by atoms with Gasteiger partial charge in [0.2, 0.25) is 5.88 Å². The first kappa shape index (κ1) is 22.5. The third-order valence-corrected chi connectivity index (χ3v) is 7.40. The molecular formula is C29H29N5O2. The first-order valence-corrected chi connectivity index (χ1v) is 12.4. The minimum Gasteiger partial charge on any atom is -0.481 e. The number of pyridine rings is 2. The molecule has 0 radical (unpaired) electrons. The van der Waals surface area contributed by atoms with Gasteiger partial charge in [-0.2, -0.15) is 0 Å². The van der Waals surface area contributed by atoms with E-state index >= 15 is 0 Å². The molecule has 3 aromatic heterocycles. The maximum atomic E-state index is 13.5. The fraction of sp³-hybridized carbons (Fsp3) is 0.276. The molecule has 7 nitrogen and oxygen atoms in total. The van der Waals surface area contributed by atoms with Crippen molar-refractivity contribution in [1.82, 2.24) is 24.4 Å². The van der Waals surface area contributed by atoms with Gasteiger partial charge in [0.1, 0.15) is 0 Å². The number of nitrogens with zero attached hydrogens (tertiary/aromatic N) is 4. The van der Waals surface area contributed by atoms with Gasteiger partial charge in [-0.3, -0.25) is 14.1 Å². The van der Waals surface area contributed by atoms with Gasteiger partial charge in [0.15, 0.2) is 0 Å². The van der Waals surface area contributed by atoms with E-state index in [-0.39, 0.29) is 5.69 Å². The number of imidazole rings is 1. The number of ether oxygens (including phenoxy) is 1. The van der Waals surface area contributed by atoms with Crippen molar-refractivity contribution in [2.24, 2.45) is 7.05 Å². The number of nitrogens with one attached hydrogen (secondary N) is 1. The fourth-order valence-electron chi connectivity index (χ4n) is 5.40. The molecule has 6 rings (SSSR count). The Hall–Kier alpha value is -3.97. The second-order valence-corrected chi connectivity index (χ2v) is 9.57. The van der Waals surface area contributed by atoms with Gasteiger partial charge in [-0.15, -0.1) is 0 Å². The summed E-state index contributed by atoms with van der Waals surface area (Å²) in [7, 11) is 3.43. The van der Waals surface area contributed by atoms with E-state index in [1.807, 2.05) is 29.8 Å². The van der Waals surface area contributed by atoms with Crippen LogP contribution in [0.3, 0.4) is 0 Å². The molecule has 36 heavy (non-hydrogen) atoms. The van der Waals surface area contributed by atoms with Crippen molar-refractivity contribution >= 4 is 21.9 Å². The van der Waals surface area contributed by atoms with Crippen LogP contribution in [0.15, 0.2) is 65.7 Å². The first-order chi connectivity index (χ1) is 17.5. The van der Waals surface area contributed by atoms with Crippen LogP contribution in [0.5, 0.6) is 5.88 Å². The minimum absolute atomic E-state index is 0.0821. The molecular weight excluding hydrogens is 450 g/mol. The molecule has 0 atom stereocenters. The van der Waals surface area contributed by atoms with E-state index < -0.39 is 0 Å². The van der Waals surface area contributed by atoms with Crippen molar-refractivity contribution < 1.29 is 4.74 Å². The van der Waals surface area contributed by atoms with Crippen LogP contribution in [-0.2, 0) is 7.05 Å². The summed E-state index contributed by atoms with van der Waals surface area (Å²) in [6.45, 7) is 4.10. The maximum absolute atomic E-state index is 13.5. The van der Waals surface area contributed by atoms with Crippen molar-refractivity contribution in [2.45, 2.75) is 25.7 Å². The molecule has 7 heteroatoms. The molecule has 5 aromatic rings. The van der Waals surface area contributed by atoms with E-state index in [0.717, 1.165) is 70.2 Å². The van der Waals surface area contributed by atoms with Crippen molar-refractivity contribution in [3.05, 3.63) is 82.5 Å². The van der Waals surface area contributed by atoms with Gasteiger partial charge >= 0.3 is 5.69 Å². The largest absolute Gasteiger partial charge is 0.481 e. The van der Waals surface area contributed by atoms with E-state index in [4.69, 9.17) is 4.74 Å². The standard InChI is InChI=1S/C29H29N5O2/c1-18-14-22(16-32-28(18)36-3)21-6-9-25-24(15-21)27-26(17-31-25)33(2)29(35)34(27)23-7-4-19(5-8-23)20-10-12-30-13-11-20/h4-9,14-17,20,30H,10-13H2,1-3H3. The van der Waals surface area contributed by atoms with Crippen LogP contribution < -0.4 is 15.7 Å². The summed E-state index contributed by atoms with van der Waals surface area (Å²) in [5.41, 5.74) is 7.60. The molecule has 2 aromatic carbocycles. The lowest BCUT2D eigenvalue weighted by molar-refractivity contribution is 0.394. The summed E-state index contributed by atoms with van der Waals surface area (Å²) >= 11 is 0. The highest BCUT2D eigenvalue weighted by molar-refractivity contribution is 6.04. The number of aryl methyl sites for hydroxylation is 2. The highest BCUT2D eigenvalue weighted by Gasteiger charge is 2.19. The SMILES string of the molecule is COc1ncc(-c2ccc3ncc4c(c3c2)n(-c2ccc(C3CCNCC3)cc2)c(=O)n4C)cc1C. The Kier molecular flexibility index (Phi) is 5.57. The maximum Gasteiger partial charge on any atom is 0.333 e. The number of piperidine rings is 1. The summed E-state index contributed by atoms with van der Waals surface area (Å²) < 4.78 is 8.81. The third-order valence-electron chi connectivity index (χ3n) is 7.40. The molecule has 1 N–H and O–H groups in total. The van der Waals surface area contributed by atoms with Gasteiger partial charge in [-0.05, 0) is 80.2 Å². The summed E-state index contributed by atoms with van der Waals surface area (Å²) in [4.78, 5) is 22.6. The van der Waals surface area contributed by atoms with Crippen LogP contribution in [0.4, 0.5) is 0 Å². The Balaban J connectivity index is 1.52. The minimum atomic E-state index is -0.0821. The van der Waals surface area contributed by atoms with Gasteiger partial charge in [-0.1, -0.05) is 18.2 Å². The number of hydrogen-bond donors (Lipinski definition) is 1. The topological polar surface area (TPSA) is 74.0 Å². The first-order valence-electron chi connectivity index (χ1n) is 12.4. The molecule has 1 aliphatic heterocycles. The zero-order chi connectivity index (χ0) is 24.8. The van der Waals surface area contributed by atoms with E-state index in [1.54, 1.807) is 24.9 Å². The Morgan fingerprint density at radius 3 is 2.47 bits per heavy atom. The number of aromatic nitrogens is 4. The second-order valence-electron chi connectivity index (χ2n) is 9.57. The lowest BCUT2D eigenvalue weighted by Crippen LogP contribution is -2.26. The summed E-state index contributed by atoms with van der Waals surface area (Å²) in [5.74, 6) is 1.19. The fourth-order valence-corrected chi connectivity index (χ4v) is 5.40. The lowest BCUT2D eigenvalue weighted by Gasteiger charge is -2.23. The highest BCUT2D eigenvalue weighted by Crippen LogP contribution is 2.32. The molecule has 1 saturated heterocycles. The van der Waals surface area contributed by atoms with Crippen LogP contribution >= 0.6 is 0 Å². The highest BCUT2D eigenvalue weighted by atomic mass is 16.5. The van der Waals surface area contributed by atoms with Gasteiger partial charge < -0.3 is 10.1 Å². The smallest absolute Gasteiger partial charge is 0.333 e. The Labute approximate surface area is 209 Å². The second kappa shape index (κ2) is 8.91. The third kappa shape index (κ3) is 3.67. The van der Waals surface area contributed by atoms with Crippen molar-refractivity contribution in [1.29, 1.82) is 0 Å². The average Bonchev–Trinajstić information content (AvgIpc) is 3.19. The summed E-state index contributed by atoms with van der Waals surface area (Å²) in [5, 5.41) is 4.36. The van der Waals surface area contributed by atoms with Crippen molar-refractivity contribution in [2.75, 3.05) is 20.2 Å². The van der Waals surface area contributed by atoms with Crippen LogP contribution in [-0.4, -0.2) is 39.3 Å². The van der Waals surface area contributed by atoms with Crippen LogP contribution in [0.1, 0.15) is 29.9 Å². The molecule has 4 heterocycles. The molecule has 0 bridgehead atoms. The van der Waals surface area contributed by atoms with Crippen LogP contribution in [0.25, 0.3) is 38.8 Å². The van der Waals surface area contributed by atoms with Gasteiger partial charge in [0.05, 0.1) is 35.5 Å². The van der Waals surface area contributed by atoms with Crippen molar-refractivity contribution in [3.63, 3.8) is 0 Å². The van der Waals surface area contributed by atoms with E-state index in [9.17, 15) is 4.79 Å². The van der Waals surface area contributed by atoms with E-state index in [2.05, 4.69) is 51.7 Å². The lowest BCUT2D eigenvalue weighted by atomic mass is 9.90. The normalized spacial score (nSPS) is 14.5. The number of hydrogen-bond acceptors (Lipinski definition) is 5. The molecule has 0 aliphatic carbocycles. The molecule has 1 aliphatic rings. The molecule has 182 valence electrons. The zero-order valence-corrected chi connectivity index (χ0v) is 20.8. The van der Waals surface area contributed by atoms with Crippen LogP contribution in [0.2, 0.25) is 0 Å². The number of benzene rings is 2. The molecule has 0 unspecified atom stereocenters. The average molecular weight is 480 g/mol.